The average molecular weight is 197 g/mol. The Morgan fingerprint density at radius 2 is 2.07 bits per heavy atom. The Morgan fingerprint density at radius 1 is 1.43 bits per heavy atom. The van der Waals surface area contributed by atoms with Crippen molar-refractivity contribution in [2.24, 2.45) is 5.41 Å². The maximum Gasteiger partial charge on any atom is 0.243 e. The normalized spacial score (nSPS) is 14.4. The zero-order valence-electron chi connectivity index (χ0n) is 9.59. The SMILES string of the molecule is CNC(C)c1nc(CC(C)(C)C)no1. The summed E-state index contributed by atoms with van der Waals surface area (Å²) >= 11 is 0. The van der Waals surface area contributed by atoms with Gasteiger partial charge in [0, 0.05) is 6.42 Å². The molecule has 1 N–H and O–H groups in total. The first-order valence-corrected chi connectivity index (χ1v) is 4.92. The summed E-state index contributed by atoms with van der Waals surface area (Å²) in [5.74, 6) is 1.45. The van der Waals surface area contributed by atoms with Crippen molar-refractivity contribution in [3.05, 3.63) is 11.7 Å². The van der Waals surface area contributed by atoms with Gasteiger partial charge in [-0.3, -0.25) is 0 Å². The molecule has 0 amide bonds. The molecule has 1 aromatic heterocycles. The number of hydrogen-bond acceptors (Lipinski definition) is 4. The van der Waals surface area contributed by atoms with E-state index in [1.54, 1.807) is 0 Å². The van der Waals surface area contributed by atoms with E-state index in [1.807, 2.05) is 14.0 Å². The van der Waals surface area contributed by atoms with Crippen LogP contribution in [-0.2, 0) is 6.42 Å². The summed E-state index contributed by atoms with van der Waals surface area (Å²) in [5.41, 5.74) is 0.198. The van der Waals surface area contributed by atoms with Crippen molar-refractivity contribution >= 4 is 0 Å². The third kappa shape index (κ3) is 3.10. The van der Waals surface area contributed by atoms with E-state index in [0.29, 0.717) is 5.89 Å². The monoisotopic (exact) mass is 197 g/mol. The van der Waals surface area contributed by atoms with Gasteiger partial charge in [0.2, 0.25) is 5.89 Å². The molecule has 0 aliphatic carbocycles. The van der Waals surface area contributed by atoms with E-state index in [1.165, 1.54) is 0 Å². The van der Waals surface area contributed by atoms with Crippen LogP contribution >= 0.6 is 0 Å². The first-order valence-electron chi connectivity index (χ1n) is 4.92. The minimum atomic E-state index is 0.121. The van der Waals surface area contributed by atoms with Gasteiger partial charge in [-0.2, -0.15) is 4.98 Å². The Labute approximate surface area is 85.1 Å². The Bertz CT molecular complexity index is 288. The molecule has 14 heavy (non-hydrogen) atoms. The Kier molecular flexibility index (Phi) is 3.26. The highest BCUT2D eigenvalue weighted by Gasteiger charge is 2.17. The van der Waals surface area contributed by atoms with Crippen LogP contribution in [0.25, 0.3) is 0 Å². The second-order valence-electron chi connectivity index (χ2n) is 4.80. The zero-order valence-corrected chi connectivity index (χ0v) is 9.59. The van der Waals surface area contributed by atoms with E-state index < -0.39 is 0 Å². The Balaban J connectivity index is 2.69. The lowest BCUT2D eigenvalue weighted by Gasteiger charge is -2.14. The van der Waals surface area contributed by atoms with Crippen LogP contribution in [0.2, 0.25) is 0 Å². The molecule has 1 heterocycles. The second kappa shape index (κ2) is 4.09. The van der Waals surface area contributed by atoms with E-state index in [-0.39, 0.29) is 11.5 Å². The van der Waals surface area contributed by atoms with Crippen molar-refractivity contribution < 1.29 is 4.52 Å². The quantitative estimate of drug-likeness (QED) is 0.804. The van der Waals surface area contributed by atoms with Gasteiger partial charge in [0.05, 0.1) is 6.04 Å². The van der Waals surface area contributed by atoms with Crippen molar-refractivity contribution in [2.75, 3.05) is 7.05 Å². The van der Waals surface area contributed by atoms with Gasteiger partial charge >= 0.3 is 0 Å². The maximum absolute atomic E-state index is 5.14. The summed E-state index contributed by atoms with van der Waals surface area (Å²) in [6.07, 6.45) is 0.840. The van der Waals surface area contributed by atoms with Crippen LogP contribution in [-0.4, -0.2) is 17.2 Å². The van der Waals surface area contributed by atoms with Gasteiger partial charge in [0.1, 0.15) is 0 Å². The lowest BCUT2D eigenvalue weighted by atomic mass is 9.92. The third-order valence-corrected chi connectivity index (χ3v) is 1.98. The Morgan fingerprint density at radius 3 is 2.57 bits per heavy atom. The van der Waals surface area contributed by atoms with Crippen LogP contribution in [0.5, 0.6) is 0 Å². The fraction of sp³-hybridized carbons (Fsp3) is 0.800. The van der Waals surface area contributed by atoms with Crippen molar-refractivity contribution in [3.8, 4) is 0 Å². The smallest absolute Gasteiger partial charge is 0.243 e. The summed E-state index contributed by atoms with van der Waals surface area (Å²) in [5, 5.41) is 7.01. The lowest BCUT2D eigenvalue weighted by molar-refractivity contribution is 0.334. The number of nitrogens with one attached hydrogen (secondary N) is 1. The second-order valence-corrected chi connectivity index (χ2v) is 4.80. The van der Waals surface area contributed by atoms with Crippen LogP contribution in [0.1, 0.15) is 45.5 Å². The van der Waals surface area contributed by atoms with Crippen molar-refractivity contribution in [3.63, 3.8) is 0 Å². The molecule has 1 aromatic rings. The average Bonchev–Trinajstić information content (AvgIpc) is 2.48. The van der Waals surface area contributed by atoms with Crippen molar-refractivity contribution in [1.82, 2.24) is 15.5 Å². The third-order valence-electron chi connectivity index (χ3n) is 1.98. The van der Waals surface area contributed by atoms with E-state index in [0.717, 1.165) is 12.2 Å². The van der Waals surface area contributed by atoms with Gasteiger partial charge in [-0.05, 0) is 19.4 Å². The summed E-state index contributed by atoms with van der Waals surface area (Å²) in [6, 6.07) is 0.121. The first-order chi connectivity index (χ1) is 6.42. The molecule has 80 valence electrons. The lowest BCUT2D eigenvalue weighted by Crippen LogP contribution is -2.13. The van der Waals surface area contributed by atoms with Crippen LogP contribution in [0.3, 0.4) is 0 Å². The fourth-order valence-corrected chi connectivity index (χ4v) is 1.11. The minimum Gasteiger partial charge on any atom is -0.338 e. The van der Waals surface area contributed by atoms with Crippen LogP contribution in [0, 0.1) is 5.41 Å². The molecule has 0 fully saturated rings. The summed E-state index contributed by atoms with van der Waals surface area (Å²) in [7, 11) is 1.87. The minimum absolute atomic E-state index is 0.121. The highest BCUT2D eigenvalue weighted by atomic mass is 16.5. The molecule has 0 spiro atoms. The van der Waals surface area contributed by atoms with Crippen LogP contribution in [0.15, 0.2) is 4.52 Å². The predicted molar refractivity (Wildman–Crippen MR) is 54.9 cm³/mol. The standard InChI is InChI=1S/C10H19N3O/c1-7(11-5)9-12-8(13-14-9)6-10(2,3)4/h7,11H,6H2,1-5H3. The molecule has 0 saturated carbocycles. The summed E-state index contributed by atoms with van der Waals surface area (Å²) < 4.78 is 5.14. The molecule has 0 aromatic carbocycles. The highest BCUT2D eigenvalue weighted by Crippen LogP contribution is 2.19. The van der Waals surface area contributed by atoms with Gasteiger partial charge in [0.25, 0.3) is 0 Å². The number of rotatable bonds is 3. The Hall–Kier alpha value is -0.900. The molecule has 0 aliphatic rings. The molecule has 4 nitrogen and oxygen atoms in total. The van der Waals surface area contributed by atoms with Gasteiger partial charge in [0.15, 0.2) is 5.82 Å². The predicted octanol–water partition coefficient (Wildman–Crippen LogP) is 1.94. The molecule has 1 unspecified atom stereocenters. The largest absolute Gasteiger partial charge is 0.338 e. The van der Waals surface area contributed by atoms with Crippen LogP contribution < -0.4 is 5.32 Å². The first kappa shape index (κ1) is 11.2. The zero-order chi connectivity index (χ0) is 10.8. The summed E-state index contributed by atoms with van der Waals surface area (Å²) in [6.45, 7) is 8.47. The molecule has 0 aliphatic heterocycles. The van der Waals surface area contributed by atoms with Crippen LogP contribution in [0.4, 0.5) is 0 Å². The van der Waals surface area contributed by atoms with E-state index >= 15 is 0 Å². The van der Waals surface area contributed by atoms with Gasteiger partial charge in [-0.15, -0.1) is 0 Å². The number of aromatic nitrogens is 2. The molecule has 0 radical (unpaired) electrons. The number of nitrogens with zero attached hydrogens (tertiary/aromatic N) is 2. The van der Waals surface area contributed by atoms with Gasteiger partial charge in [-0.1, -0.05) is 25.9 Å². The van der Waals surface area contributed by atoms with E-state index in [2.05, 4.69) is 36.2 Å². The fourth-order valence-electron chi connectivity index (χ4n) is 1.11. The molecule has 1 atom stereocenters. The summed E-state index contributed by atoms with van der Waals surface area (Å²) in [4.78, 5) is 4.33. The molecule has 4 heteroatoms. The molecule has 0 bridgehead atoms. The number of hydrogen-bond donors (Lipinski definition) is 1. The van der Waals surface area contributed by atoms with Crippen molar-refractivity contribution in [1.29, 1.82) is 0 Å². The van der Waals surface area contributed by atoms with Crippen molar-refractivity contribution in [2.45, 2.75) is 40.2 Å². The maximum atomic E-state index is 5.14. The van der Waals surface area contributed by atoms with Gasteiger partial charge in [-0.25, -0.2) is 0 Å². The van der Waals surface area contributed by atoms with E-state index in [4.69, 9.17) is 4.52 Å². The topological polar surface area (TPSA) is 51.0 Å². The van der Waals surface area contributed by atoms with E-state index in [9.17, 15) is 0 Å². The molecule has 1 rings (SSSR count). The molecular formula is C10H19N3O. The van der Waals surface area contributed by atoms with Gasteiger partial charge < -0.3 is 9.84 Å². The molecular weight excluding hydrogens is 178 g/mol. The highest BCUT2D eigenvalue weighted by molar-refractivity contribution is 4.93. The molecule has 0 saturated heterocycles.